The summed E-state index contributed by atoms with van der Waals surface area (Å²) in [5.74, 6) is 0. The molecule has 122 valence electrons. The number of aliphatic imine (C=N–C) groups is 1. The van der Waals surface area contributed by atoms with Gasteiger partial charge in [-0.3, -0.25) is 4.99 Å². The van der Waals surface area contributed by atoms with Gasteiger partial charge in [-0.1, -0.05) is 91.1 Å². The SMILES string of the molecule is CC(=NC/C=C\C=C/C/C=C/c1ccccc1)c1ccccc1C. The van der Waals surface area contributed by atoms with Crippen molar-refractivity contribution in [2.45, 2.75) is 20.3 Å². The highest BCUT2D eigenvalue weighted by Crippen LogP contribution is 2.08. The lowest BCUT2D eigenvalue weighted by Gasteiger charge is -2.03. The van der Waals surface area contributed by atoms with E-state index in [2.05, 4.69) is 104 Å². The Kier molecular flexibility index (Phi) is 7.49. The van der Waals surface area contributed by atoms with Gasteiger partial charge in [-0.2, -0.15) is 0 Å². The van der Waals surface area contributed by atoms with Crippen molar-refractivity contribution in [1.82, 2.24) is 0 Å². The molecule has 0 N–H and O–H groups in total. The maximum absolute atomic E-state index is 4.61. The highest BCUT2D eigenvalue weighted by molar-refractivity contribution is 5.99. The third kappa shape index (κ3) is 6.21. The molecule has 0 bridgehead atoms. The van der Waals surface area contributed by atoms with E-state index in [1.165, 1.54) is 16.7 Å². The summed E-state index contributed by atoms with van der Waals surface area (Å²) in [5, 5.41) is 0. The van der Waals surface area contributed by atoms with E-state index >= 15 is 0 Å². The third-order valence-electron chi connectivity index (χ3n) is 3.73. The second kappa shape index (κ2) is 10.2. The first-order valence-electron chi connectivity index (χ1n) is 8.37. The van der Waals surface area contributed by atoms with E-state index in [1.54, 1.807) is 0 Å². The van der Waals surface area contributed by atoms with E-state index < -0.39 is 0 Å². The van der Waals surface area contributed by atoms with E-state index in [-0.39, 0.29) is 0 Å². The predicted molar refractivity (Wildman–Crippen MR) is 107 cm³/mol. The summed E-state index contributed by atoms with van der Waals surface area (Å²) in [7, 11) is 0. The number of hydrogen-bond donors (Lipinski definition) is 0. The van der Waals surface area contributed by atoms with Gasteiger partial charge in [-0.15, -0.1) is 0 Å². The lowest BCUT2D eigenvalue weighted by Crippen LogP contribution is -1.98. The molecule has 0 atom stereocenters. The molecule has 2 rings (SSSR count). The maximum Gasteiger partial charge on any atom is 0.0576 e. The van der Waals surface area contributed by atoms with Gasteiger partial charge in [-0.05, 0) is 37.0 Å². The standard InChI is InChI=1S/C23H25N/c1-20-14-11-12-18-23(20)21(2)24-19-13-6-4-3-5-8-15-22-16-9-7-10-17-22/h3-4,6-18H,5,19H2,1-2H3/b4-3-,13-6-,15-8+,24-21?. The van der Waals surface area contributed by atoms with Gasteiger partial charge in [0.05, 0.1) is 6.54 Å². The second-order valence-corrected chi connectivity index (χ2v) is 5.65. The first kappa shape index (κ1) is 17.7. The average Bonchev–Trinajstić information content (AvgIpc) is 2.61. The molecule has 2 aromatic carbocycles. The van der Waals surface area contributed by atoms with Crippen LogP contribution in [0.15, 0.2) is 90.0 Å². The molecule has 0 unspecified atom stereocenters. The minimum atomic E-state index is 0.713. The molecule has 24 heavy (non-hydrogen) atoms. The molecule has 0 aliphatic rings. The van der Waals surface area contributed by atoms with Crippen LogP contribution in [-0.2, 0) is 0 Å². The van der Waals surface area contributed by atoms with Gasteiger partial charge < -0.3 is 0 Å². The van der Waals surface area contributed by atoms with Gasteiger partial charge in [0.25, 0.3) is 0 Å². The summed E-state index contributed by atoms with van der Waals surface area (Å²) < 4.78 is 0. The monoisotopic (exact) mass is 315 g/mol. The molecule has 0 aliphatic carbocycles. The largest absolute Gasteiger partial charge is 0.285 e. The van der Waals surface area contributed by atoms with Gasteiger partial charge in [0.2, 0.25) is 0 Å². The Hall–Kier alpha value is -2.67. The molecule has 2 aromatic rings. The molecule has 0 spiro atoms. The molecule has 0 aromatic heterocycles. The Bertz CT molecular complexity index is 734. The van der Waals surface area contributed by atoms with Gasteiger partial charge in [0.1, 0.15) is 0 Å². The van der Waals surface area contributed by atoms with E-state index in [0.717, 1.165) is 12.1 Å². The van der Waals surface area contributed by atoms with Crippen LogP contribution in [0.2, 0.25) is 0 Å². The molecule has 0 saturated heterocycles. The minimum Gasteiger partial charge on any atom is -0.285 e. The van der Waals surface area contributed by atoms with Gasteiger partial charge >= 0.3 is 0 Å². The molecule has 1 heteroatoms. The second-order valence-electron chi connectivity index (χ2n) is 5.65. The van der Waals surface area contributed by atoms with Crippen molar-refractivity contribution >= 4 is 11.8 Å². The van der Waals surface area contributed by atoms with Crippen LogP contribution in [0.1, 0.15) is 30.0 Å². The molecule has 0 fully saturated rings. The van der Waals surface area contributed by atoms with E-state index in [1.807, 2.05) is 6.07 Å². The number of hydrogen-bond acceptors (Lipinski definition) is 1. The molecule has 0 amide bonds. The number of aryl methyl sites for hydroxylation is 1. The maximum atomic E-state index is 4.61. The number of rotatable bonds is 7. The van der Waals surface area contributed by atoms with Crippen LogP contribution in [0, 0.1) is 6.92 Å². The summed E-state index contributed by atoms with van der Waals surface area (Å²) >= 11 is 0. The van der Waals surface area contributed by atoms with Crippen LogP contribution in [0.25, 0.3) is 6.08 Å². The number of allylic oxidation sites excluding steroid dienone is 4. The van der Waals surface area contributed by atoms with E-state index in [4.69, 9.17) is 0 Å². The van der Waals surface area contributed by atoms with Crippen molar-refractivity contribution in [1.29, 1.82) is 0 Å². The fourth-order valence-electron chi connectivity index (χ4n) is 2.40. The number of nitrogens with zero attached hydrogens (tertiary/aromatic N) is 1. The van der Waals surface area contributed by atoms with Gasteiger partial charge in [-0.25, -0.2) is 0 Å². The fraction of sp³-hybridized carbons (Fsp3) is 0.174. The highest BCUT2D eigenvalue weighted by atomic mass is 14.7. The van der Waals surface area contributed by atoms with Crippen LogP contribution >= 0.6 is 0 Å². The summed E-state index contributed by atoms with van der Waals surface area (Å²) in [5.41, 5.74) is 4.83. The lowest BCUT2D eigenvalue weighted by molar-refractivity contribution is 1.23. The van der Waals surface area contributed by atoms with E-state index in [9.17, 15) is 0 Å². The Morgan fingerprint density at radius 2 is 1.58 bits per heavy atom. The third-order valence-corrected chi connectivity index (χ3v) is 3.73. The van der Waals surface area contributed by atoms with Crippen LogP contribution in [-0.4, -0.2) is 12.3 Å². The Morgan fingerprint density at radius 3 is 2.38 bits per heavy atom. The van der Waals surface area contributed by atoms with Crippen molar-refractivity contribution in [2.24, 2.45) is 4.99 Å². The fourth-order valence-corrected chi connectivity index (χ4v) is 2.40. The normalized spacial score (nSPS) is 12.7. The molecule has 1 nitrogen and oxygen atoms in total. The van der Waals surface area contributed by atoms with E-state index in [0.29, 0.717) is 6.54 Å². The quantitative estimate of drug-likeness (QED) is 0.437. The first-order valence-corrected chi connectivity index (χ1v) is 8.37. The molecule has 0 heterocycles. The molecule has 0 saturated carbocycles. The zero-order chi connectivity index (χ0) is 17.0. The van der Waals surface area contributed by atoms with Crippen molar-refractivity contribution in [3.63, 3.8) is 0 Å². The summed E-state index contributed by atoms with van der Waals surface area (Å²) in [6.07, 6.45) is 13.6. The molecule has 0 radical (unpaired) electrons. The van der Waals surface area contributed by atoms with Crippen molar-refractivity contribution in [3.05, 3.63) is 102 Å². The van der Waals surface area contributed by atoms with Gasteiger partial charge in [0.15, 0.2) is 0 Å². The average molecular weight is 315 g/mol. The Labute approximate surface area is 145 Å². The topological polar surface area (TPSA) is 12.4 Å². The van der Waals surface area contributed by atoms with Crippen molar-refractivity contribution in [2.75, 3.05) is 6.54 Å². The smallest absolute Gasteiger partial charge is 0.0576 e. The lowest BCUT2D eigenvalue weighted by atomic mass is 10.1. The summed E-state index contributed by atoms with van der Waals surface area (Å²) in [4.78, 5) is 4.61. The molecular weight excluding hydrogens is 290 g/mol. The van der Waals surface area contributed by atoms with Crippen molar-refractivity contribution < 1.29 is 0 Å². The highest BCUT2D eigenvalue weighted by Gasteiger charge is 1.98. The zero-order valence-corrected chi connectivity index (χ0v) is 14.5. The Balaban J connectivity index is 1.73. The van der Waals surface area contributed by atoms with Crippen LogP contribution < -0.4 is 0 Å². The summed E-state index contributed by atoms with van der Waals surface area (Å²) in [6, 6.07) is 18.7. The number of benzene rings is 2. The van der Waals surface area contributed by atoms with Crippen LogP contribution in [0.3, 0.4) is 0 Å². The molecule has 0 aliphatic heterocycles. The first-order chi connectivity index (χ1) is 11.8. The predicted octanol–water partition coefficient (Wildman–Crippen LogP) is 6.02. The Morgan fingerprint density at radius 1 is 0.875 bits per heavy atom. The van der Waals surface area contributed by atoms with Crippen LogP contribution in [0.4, 0.5) is 0 Å². The van der Waals surface area contributed by atoms with Gasteiger partial charge in [0, 0.05) is 5.71 Å². The van der Waals surface area contributed by atoms with Crippen LogP contribution in [0.5, 0.6) is 0 Å². The van der Waals surface area contributed by atoms with Crippen molar-refractivity contribution in [3.8, 4) is 0 Å². The zero-order valence-electron chi connectivity index (χ0n) is 14.5. The summed E-state index contributed by atoms with van der Waals surface area (Å²) in [6.45, 7) is 4.90. The molecular formula is C23H25N. The minimum absolute atomic E-state index is 0.713.